The molecule has 152 valence electrons. The molecule has 4 heteroatoms. The van der Waals surface area contributed by atoms with Gasteiger partial charge in [-0.2, -0.15) is 0 Å². The first-order valence-corrected chi connectivity index (χ1v) is 10.9. The lowest BCUT2D eigenvalue weighted by Gasteiger charge is -2.29. The van der Waals surface area contributed by atoms with Crippen LogP contribution in [-0.4, -0.2) is 29.8 Å². The molecule has 4 nitrogen and oxygen atoms in total. The van der Waals surface area contributed by atoms with Gasteiger partial charge in [-0.25, -0.2) is 0 Å². The van der Waals surface area contributed by atoms with E-state index in [0.29, 0.717) is 12.8 Å². The molecule has 1 atom stereocenters. The van der Waals surface area contributed by atoms with Crippen LogP contribution in [0.1, 0.15) is 61.1 Å². The van der Waals surface area contributed by atoms with Crippen molar-refractivity contribution in [1.82, 2.24) is 4.90 Å². The number of fused-ring (bicyclic) bond motifs is 1. The summed E-state index contributed by atoms with van der Waals surface area (Å²) in [4.78, 5) is 26.9. The number of amides is 2. The molecule has 2 heterocycles. The number of nitrogens with zero attached hydrogens (tertiary/aromatic N) is 1. The highest BCUT2D eigenvalue weighted by Crippen LogP contribution is 2.31. The summed E-state index contributed by atoms with van der Waals surface area (Å²) in [6.45, 7) is 1.79. The smallest absolute Gasteiger partial charge is 0.224 e. The zero-order valence-corrected chi connectivity index (χ0v) is 17.0. The molecular weight excluding hydrogens is 360 g/mol. The zero-order valence-electron chi connectivity index (χ0n) is 17.0. The molecule has 2 amide bonds. The lowest BCUT2D eigenvalue weighted by molar-refractivity contribution is -0.132. The van der Waals surface area contributed by atoms with Gasteiger partial charge in [0, 0.05) is 31.6 Å². The summed E-state index contributed by atoms with van der Waals surface area (Å²) < 4.78 is 0. The van der Waals surface area contributed by atoms with E-state index in [1.807, 2.05) is 17.0 Å². The van der Waals surface area contributed by atoms with Gasteiger partial charge >= 0.3 is 0 Å². The Balaban J connectivity index is 1.58. The van der Waals surface area contributed by atoms with Crippen molar-refractivity contribution < 1.29 is 9.59 Å². The van der Waals surface area contributed by atoms with Gasteiger partial charge in [-0.15, -0.1) is 0 Å². The quantitative estimate of drug-likeness (QED) is 0.805. The predicted molar refractivity (Wildman–Crippen MR) is 116 cm³/mol. The number of anilines is 1. The summed E-state index contributed by atoms with van der Waals surface area (Å²) in [5, 5.41) is 3.02. The molecule has 0 bridgehead atoms. The van der Waals surface area contributed by atoms with E-state index in [1.165, 1.54) is 23.1 Å². The first-order chi connectivity index (χ1) is 14.2. The van der Waals surface area contributed by atoms with Crippen molar-refractivity contribution in [3.05, 3.63) is 65.2 Å². The summed E-state index contributed by atoms with van der Waals surface area (Å²) >= 11 is 0. The Morgan fingerprint density at radius 1 is 0.966 bits per heavy atom. The van der Waals surface area contributed by atoms with E-state index < -0.39 is 0 Å². The van der Waals surface area contributed by atoms with Crippen molar-refractivity contribution >= 4 is 17.5 Å². The van der Waals surface area contributed by atoms with Gasteiger partial charge in [0.15, 0.2) is 0 Å². The second-order valence-corrected chi connectivity index (χ2v) is 8.35. The average Bonchev–Trinajstić information content (AvgIpc) is 2.94. The molecular formula is C25H30N2O2. The van der Waals surface area contributed by atoms with Crippen LogP contribution in [0.25, 0.3) is 0 Å². The number of likely N-dealkylation sites (tertiary alicyclic amines) is 1. The number of carbonyl (C=O) groups excluding carboxylic acids is 2. The van der Waals surface area contributed by atoms with Crippen LogP contribution < -0.4 is 5.32 Å². The Labute approximate surface area is 173 Å². The summed E-state index contributed by atoms with van der Waals surface area (Å²) in [6, 6.07) is 16.8. The van der Waals surface area contributed by atoms with Crippen LogP contribution in [-0.2, 0) is 22.4 Å². The Bertz CT molecular complexity index is 856. The minimum absolute atomic E-state index is 0.0950. The number of rotatable bonds is 5. The number of carbonyl (C=O) groups is 2. The third-order valence-electron chi connectivity index (χ3n) is 6.18. The molecule has 2 aliphatic rings. The van der Waals surface area contributed by atoms with Gasteiger partial charge in [0.05, 0.1) is 0 Å². The zero-order chi connectivity index (χ0) is 20.1. The lowest BCUT2D eigenvalue weighted by Crippen LogP contribution is -2.36. The van der Waals surface area contributed by atoms with Crippen molar-refractivity contribution in [3.63, 3.8) is 0 Å². The molecule has 1 N–H and O–H groups in total. The van der Waals surface area contributed by atoms with Crippen LogP contribution in [0, 0.1) is 0 Å². The highest BCUT2D eigenvalue weighted by molar-refractivity contribution is 5.92. The van der Waals surface area contributed by atoms with Gasteiger partial charge in [-0.05, 0) is 67.2 Å². The van der Waals surface area contributed by atoms with Crippen LogP contribution in [0.5, 0.6) is 0 Å². The van der Waals surface area contributed by atoms with Crippen LogP contribution in [0.15, 0.2) is 48.5 Å². The SMILES string of the molecule is O=C1CCCc2cc([C@@H](CC(=O)N3CCCCC3)Cc3ccccc3)ccc2N1. The molecule has 4 rings (SSSR count). The molecule has 2 aliphatic heterocycles. The molecule has 29 heavy (non-hydrogen) atoms. The van der Waals surface area contributed by atoms with Crippen LogP contribution >= 0.6 is 0 Å². The molecule has 0 radical (unpaired) electrons. The Hall–Kier alpha value is -2.62. The van der Waals surface area contributed by atoms with E-state index in [-0.39, 0.29) is 17.7 Å². The van der Waals surface area contributed by atoms with Crippen LogP contribution in [0.4, 0.5) is 5.69 Å². The number of piperidine rings is 1. The van der Waals surface area contributed by atoms with Gasteiger partial charge in [-0.3, -0.25) is 9.59 Å². The largest absolute Gasteiger partial charge is 0.343 e. The van der Waals surface area contributed by atoms with Crippen molar-refractivity contribution in [2.75, 3.05) is 18.4 Å². The molecule has 0 unspecified atom stereocenters. The fourth-order valence-electron chi connectivity index (χ4n) is 4.54. The highest BCUT2D eigenvalue weighted by atomic mass is 16.2. The maximum atomic E-state index is 13.0. The van der Waals surface area contributed by atoms with Crippen molar-refractivity contribution in [1.29, 1.82) is 0 Å². The second-order valence-electron chi connectivity index (χ2n) is 8.35. The van der Waals surface area contributed by atoms with E-state index in [9.17, 15) is 9.59 Å². The lowest BCUT2D eigenvalue weighted by atomic mass is 9.87. The predicted octanol–water partition coefficient (Wildman–Crippen LogP) is 4.69. The molecule has 0 aromatic heterocycles. The maximum Gasteiger partial charge on any atom is 0.224 e. The second kappa shape index (κ2) is 9.25. The number of aryl methyl sites for hydroxylation is 1. The molecule has 2 aromatic carbocycles. The third kappa shape index (κ3) is 5.06. The van der Waals surface area contributed by atoms with Gasteiger partial charge in [0.1, 0.15) is 0 Å². The Morgan fingerprint density at radius 3 is 2.55 bits per heavy atom. The first-order valence-electron chi connectivity index (χ1n) is 10.9. The van der Waals surface area contributed by atoms with Gasteiger partial charge in [-0.1, -0.05) is 42.5 Å². The van der Waals surface area contributed by atoms with E-state index in [1.54, 1.807) is 0 Å². The molecule has 1 saturated heterocycles. The van der Waals surface area contributed by atoms with Gasteiger partial charge < -0.3 is 10.2 Å². The van der Waals surface area contributed by atoms with E-state index >= 15 is 0 Å². The summed E-state index contributed by atoms with van der Waals surface area (Å²) in [5.41, 5.74) is 4.58. The molecule has 0 aliphatic carbocycles. The molecule has 1 fully saturated rings. The number of hydrogen-bond donors (Lipinski definition) is 1. The van der Waals surface area contributed by atoms with E-state index in [0.717, 1.165) is 50.9 Å². The Kier molecular flexibility index (Phi) is 6.28. The van der Waals surface area contributed by atoms with E-state index in [4.69, 9.17) is 0 Å². The van der Waals surface area contributed by atoms with Crippen molar-refractivity contribution in [2.45, 2.75) is 57.3 Å². The van der Waals surface area contributed by atoms with E-state index in [2.05, 4.69) is 41.7 Å². The van der Waals surface area contributed by atoms with Crippen molar-refractivity contribution in [3.8, 4) is 0 Å². The van der Waals surface area contributed by atoms with Gasteiger partial charge in [0.2, 0.25) is 11.8 Å². The molecule has 2 aromatic rings. The third-order valence-corrected chi connectivity index (χ3v) is 6.18. The highest BCUT2D eigenvalue weighted by Gasteiger charge is 2.23. The summed E-state index contributed by atoms with van der Waals surface area (Å²) in [7, 11) is 0. The standard InChI is InChI=1S/C25H30N2O2/c28-24-11-7-10-21-17-20(12-13-23(21)26-24)22(16-19-8-3-1-4-9-19)18-25(29)27-14-5-2-6-15-27/h1,3-4,8-9,12-13,17,22H,2,5-7,10-11,14-16,18H2,(H,26,28)/t22-/m1/s1. The minimum atomic E-state index is 0.0950. The fraction of sp³-hybridized carbons (Fsp3) is 0.440. The Morgan fingerprint density at radius 2 is 1.76 bits per heavy atom. The number of benzene rings is 2. The average molecular weight is 391 g/mol. The molecule has 0 saturated carbocycles. The topological polar surface area (TPSA) is 49.4 Å². The van der Waals surface area contributed by atoms with Crippen molar-refractivity contribution in [2.24, 2.45) is 0 Å². The summed E-state index contributed by atoms with van der Waals surface area (Å²) in [6.07, 6.45) is 7.21. The number of nitrogens with one attached hydrogen (secondary N) is 1. The minimum Gasteiger partial charge on any atom is -0.343 e. The van der Waals surface area contributed by atoms with Crippen LogP contribution in [0.2, 0.25) is 0 Å². The van der Waals surface area contributed by atoms with Crippen LogP contribution in [0.3, 0.4) is 0 Å². The summed E-state index contributed by atoms with van der Waals surface area (Å²) in [5.74, 6) is 0.516. The first kappa shape index (κ1) is 19.7. The van der Waals surface area contributed by atoms with Gasteiger partial charge in [0.25, 0.3) is 0 Å². The number of hydrogen-bond acceptors (Lipinski definition) is 2. The fourth-order valence-corrected chi connectivity index (χ4v) is 4.54. The maximum absolute atomic E-state index is 13.0. The monoisotopic (exact) mass is 390 g/mol. The normalized spacial score (nSPS) is 17.8. The molecule has 0 spiro atoms.